The Hall–Kier alpha value is -1.34. The van der Waals surface area contributed by atoms with Crippen LogP contribution in [0.1, 0.15) is 24.0 Å². The van der Waals surface area contributed by atoms with Gasteiger partial charge in [0, 0.05) is 5.02 Å². The van der Waals surface area contributed by atoms with Gasteiger partial charge in [0.05, 0.1) is 0 Å². The summed E-state index contributed by atoms with van der Waals surface area (Å²) in [6.07, 6.45) is 4.33. The number of aryl methyl sites for hydroxylation is 2. The van der Waals surface area contributed by atoms with Crippen LogP contribution in [0.3, 0.4) is 0 Å². The number of hydrogen-bond acceptors (Lipinski definition) is 0. The Balaban J connectivity index is 1.73. The highest BCUT2D eigenvalue weighted by molar-refractivity contribution is 6.30. The lowest BCUT2D eigenvalue weighted by atomic mass is 10.0. The summed E-state index contributed by atoms with van der Waals surface area (Å²) >= 11 is 5.84. The summed E-state index contributed by atoms with van der Waals surface area (Å²) in [5.41, 5.74) is 2.52. The number of halogens is 2. The van der Waals surface area contributed by atoms with Crippen LogP contribution in [0.25, 0.3) is 0 Å². The zero-order chi connectivity index (χ0) is 12.8. The molecule has 0 amide bonds. The van der Waals surface area contributed by atoms with Gasteiger partial charge in [-0.3, -0.25) is 0 Å². The largest absolute Gasteiger partial charge is 0.207 e. The molecule has 2 aromatic rings. The molecule has 0 spiro atoms. The van der Waals surface area contributed by atoms with Crippen LogP contribution in [0, 0.1) is 5.82 Å². The van der Waals surface area contributed by atoms with E-state index in [0.29, 0.717) is 0 Å². The number of rotatable bonds is 5. The Morgan fingerprint density at radius 3 is 1.67 bits per heavy atom. The molecule has 2 aromatic carbocycles. The van der Waals surface area contributed by atoms with E-state index in [9.17, 15) is 4.39 Å². The molecule has 0 aliphatic carbocycles. The highest BCUT2D eigenvalue weighted by Gasteiger charge is 1.96. The zero-order valence-corrected chi connectivity index (χ0v) is 11.0. The summed E-state index contributed by atoms with van der Waals surface area (Å²) in [6, 6.07) is 14.8. The van der Waals surface area contributed by atoms with Crippen LogP contribution in [0.15, 0.2) is 48.5 Å². The van der Waals surface area contributed by atoms with Crippen LogP contribution in [-0.4, -0.2) is 0 Å². The summed E-state index contributed by atoms with van der Waals surface area (Å²) in [7, 11) is 0. The molecule has 2 heteroatoms. The second kappa shape index (κ2) is 6.55. The van der Waals surface area contributed by atoms with Gasteiger partial charge in [0.15, 0.2) is 0 Å². The standard InChI is InChI=1S/C16H16ClF/c17-15-9-5-13(6-10-15)3-1-2-4-14-7-11-16(18)12-8-14/h5-12H,1-4H2. The first-order valence-corrected chi connectivity index (χ1v) is 6.61. The average molecular weight is 263 g/mol. The molecule has 0 fully saturated rings. The van der Waals surface area contributed by atoms with E-state index >= 15 is 0 Å². The fourth-order valence-electron chi connectivity index (χ4n) is 1.96. The minimum atomic E-state index is -0.167. The van der Waals surface area contributed by atoms with E-state index in [1.165, 1.54) is 23.3 Å². The lowest BCUT2D eigenvalue weighted by Crippen LogP contribution is -1.89. The molecule has 0 aliphatic heterocycles. The quantitative estimate of drug-likeness (QED) is 0.662. The van der Waals surface area contributed by atoms with Gasteiger partial charge in [-0.25, -0.2) is 4.39 Å². The first-order valence-electron chi connectivity index (χ1n) is 6.23. The molecule has 0 N–H and O–H groups in total. The van der Waals surface area contributed by atoms with Crippen molar-refractivity contribution in [3.8, 4) is 0 Å². The van der Waals surface area contributed by atoms with Crippen molar-refractivity contribution in [1.29, 1.82) is 0 Å². The van der Waals surface area contributed by atoms with E-state index in [1.54, 1.807) is 0 Å². The molecule has 0 radical (unpaired) electrons. The van der Waals surface area contributed by atoms with Gasteiger partial charge in [0.1, 0.15) is 5.82 Å². The molecule has 0 atom stereocenters. The lowest BCUT2D eigenvalue weighted by Gasteiger charge is -2.03. The molecule has 2 rings (SSSR count). The highest BCUT2D eigenvalue weighted by Crippen LogP contribution is 2.13. The van der Waals surface area contributed by atoms with E-state index in [0.717, 1.165) is 30.7 Å². The second-order valence-electron chi connectivity index (χ2n) is 4.46. The van der Waals surface area contributed by atoms with Gasteiger partial charge < -0.3 is 0 Å². The van der Waals surface area contributed by atoms with Gasteiger partial charge in [-0.15, -0.1) is 0 Å². The maximum absolute atomic E-state index is 12.7. The SMILES string of the molecule is Fc1ccc(CCCCc2ccc(Cl)cc2)cc1. The molecular formula is C16H16ClF. The first kappa shape index (κ1) is 13.1. The molecule has 0 heterocycles. The molecule has 0 bridgehead atoms. The van der Waals surface area contributed by atoms with E-state index in [-0.39, 0.29) is 5.82 Å². The summed E-state index contributed by atoms with van der Waals surface area (Å²) < 4.78 is 12.7. The number of unbranched alkanes of at least 4 members (excludes halogenated alkanes) is 1. The fourth-order valence-corrected chi connectivity index (χ4v) is 2.09. The maximum Gasteiger partial charge on any atom is 0.123 e. The van der Waals surface area contributed by atoms with Crippen LogP contribution >= 0.6 is 11.6 Å². The van der Waals surface area contributed by atoms with Gasteiger partial charge in [-0.2, -0.15) is 0 Å². The van der Waals surface area contributed by atoms with Crippen molar-refractivity contribution >= 4 is 11.6 Å². The molecule has 0 aliphatic rings. The lowest BCUT2D eigenvalue weighted by molar-refractivity contribution is 0.626. The summed E-state index contributed by atoms with van der Waals surface area (Å²) in [6.45, 7) is 0. The smallest absolute Gasteiger partial charge is 0.123 e. The third-order valence-corrected chi connectivity index (χ3v) is 3.26. The van der Waals surface area contributed by atoms with Crippen molar-refractivity contribution in [1.82, 2.24) is 0 Å². The minimum absolute atomic E-state index is 0.167. The van der Waals surface area contributed by atoms with Crippen molar-refractivity contribution < 1.29 is 4.39 Å². The van der Waals surface area contributed by atoms with Gasteiger partial charge in [0.2, 0.25) is 0 Å². The normalized spacial score (nSPS) is 10.6. The van der Waals surface area contributed by atoms with Gasteiger partial charge in [-0.1, -0.05) is 35.9 Å². The van der Waals surface area contributed by atoms with Crippen molar-refractivity contribution in [3.63, 3.8) is 0 Å². The van der Waals surface area contributed by atoms with Crippen LogP contribution < -0.4 is 0 Å². The predicted octanol–water partition coefficient (Wildman–Crippen LogP) is 5.04. The molecule has 0 aromatic heterocycles. The van der Waals surface area contributed by atoms with Crippen LogP contribution in [0.5, 0.6) is 0 Å². The van der Waals surface area contributed by atoms with Gasteiger partial charge in [0.25, 0.3) is 0 Å². The number of benzene rings is 2. The van der Waals surface area contributed by atoms with Crippen LogP contribution in [0.2, 0.25) is 5.02 Å². The topological polar surface area (TPSA) is 0 Å². The molecule has 0 saturated carbocycles. The van der Waals surface area contributed by atoms with Gasteiger partial charge >= 0.3 is 0 Å². The maximum atomic E-state index is 12.7. The predicted molar refractivity (Wildman–Crippen MR) is 74.5 cm³/mol. The van der Waals surface area contributed by atoms with Crippen LogP contribution in [0.4, 0.5) is 4.39 Å². The first-order chi connectivity index (χ1) is 8.74. The third kappa shape index (κ3) is 4.15. The monoisotopic (exact) mass is 262 g/mol. The molecule has 0 nitrogen and oxygen atoms in total. The Morgan fingerprint density at radius 1 is 0.722 bits per heavy atom. The molecule has 0 unspecified atom stereocenters. The molecule has 94 valence electrons. The van der Waals surface area contributed by atoms with Crippen molar-refractivity contribution in [3.05, 3.63) is 70.5 Å². The molecule has 18 heavy (non-hydrogen) atoms. The van der Waals surface area contributed by atoms with Crippen LogP contribution in [-0.2, 0) is 12.8 Å². The van der Waals surface area contributed by atoms with Crippen molar-refractivity contribution in [2.24, 2.45) is 0 Å². The van der Waals surface area contributed by atoms with Crippen molar-refractivity contribution in [2.75, 3.05) is 0 Å². The Kier molecular flexibility index (Phi) is 4.77. The zero-order valence-electron chi connectivity index (χ0n) is 10.2. The average Bonchev–Trinajstić information content (AvgIpc) is 2.39. The Labute approximate surface area is 112 Å². The van der Waals surface area contributed by atoms with E-state index < -0.39 is 0 Å². The third-order valence-electron chi connectivity index (χ3n) is 3.01. The van der Waals surface area contributed by atoms with E-state index in [1.807, 2.05) is 24.3 Å². The summed E-state index contributed by atoms with van der Waals surface area (Å²) in [5.74, 6) is -0.167. The minimum Gasteiger partial charge on any atom is -0.207 e. The number of hydrogen-bond donors (Lipinski definition) is 0. The molecule has 0 saturated heterocycles. The van der Waals surface area contributed by atoms with E-state index in [2.05, 4.69) is 12.1 Å². The highest BCUT2D eigenvalue weighted by atomic mass is 35.5. The molecular weight excluding hydrogens is 247 g/mol. The second-order valence-corrected chi connectivity index (χ2v) is 4.90. The summed E-state index contributed by atoms with van der Waals surface area (Å²) in [5, 5.41) is 0.782. The van der Waals surface area contributed by atoms with Crippen molar-refractivity contribution in [2.45, 2.75) is 25.7 Å². The van der Waals surface area contributed by atoms with E-state index in [4.69, 9.17) is 11.6 Å². The summed E-state index contributed by atoms with van der Waals surface area (Å²) in [4.78, 5) is 0. The Morgan fingerprint density at radius 2 is 1.17 bits per heavy atom. The Bertz CT molecular complexity index is 426. The van der Waals surface area contributed by atoms with Gasteiger partial charge in [-0.05, 0) is 61.1 Å². The fraction of sp³-hybridized carbons (Fsp3) is 0.250.